The van der Waals surface area contributed by atoms with Gasteiger partial charge in [-0.3, -0.25) is 0 Å². The van der Waals surface area contributed by atoms with Gasteiger partial charge >= 0.3 is 0 Å². The second-order valence-corrected chi connectivity index (χ2v) is 13.4. The quantitative estimate of drug-likeness (QED) is 0.612. The third-order valence-corrected chi connectivity index (χ3v) is 13.8. The average molecular weight is 307 g/mol. The molecule has 7 unspecified atom stereocenters. The molecule has 4 rings (SSSR count). The van der Waals surface area contributed by atoms with Gasteiger partial charge in [0.05, 0.1) is 0 Å². The zero-order valence-electron chi connectivity index (χ0n) is 14.3. The fourth-order valence-corrected chi connectivity index (χ4v) is 12.3. The van der Waals surface area contributed by atoms with Crippen LogP contribution in [-0.4, -0.2) is 15.4 Å². The fraction of sp³-hybridized carbons (Fsp3) is 1.00. The Balaban J connectivity index is 1.64. The minimum Gasteiger partial charge on any atom is -0.420 e. The van der Waals surface area contributed by atoms with E-state index in [0.717, 1.165) is 41.0 Å². The van der Waals surface area contributed by atoms with E-state index in [1.807, 2.05) is 0 Å². The van der Waals surface area contributed by atoms with Gasteiger partial charge in [-0.1, -0.05) is 26.7 Å². The molecule has 0 saturated heterocycles. The second-order valence-electron chi connectivity index (χ2n) is 8.75. The second kappa shape index (κ2) is 5.37. The van der Waals surface area contributed by atoms with Crippen molar-refractivity contribution < 1.29 is 4.43 Å². The first-order valence-corrected chi connectivity index (χ1v) is 12.2. The molecule has 4 aliphatic carbocycles. The monoisotopic (exact) mass is 306 g/mol. The van der Waals surface area contributed by atoms with E-state index in [4.69, 9.17) is 4.43 Å². The highest BCUT2D eigenvalue weighted by Crippen LogP contribution is 2.67. The molecule has 21 heavy (non-hydrogen) atoms. The maximum atomic E-state index is 6.38. The van der Waals surface area contributed by atoms with Gasteiger partial charge in [-0.2, -0.15) is 0 Å². The lowest BCUT2D eigenvalue weighted by molar-refractivity contribution is 0.151. The van der Waals surface area contributed by atoms with Crippen molar-refractivity contribution in [3.63, 3.8) is 0 Å². The maximum Gasteiger partial charge on any atom is 0.195 e. The van der Waals surface area contributed by atoms with Gasteiger partial charge < -0.3 is 4.43 Å². The predicted molar refractivity (Wildman–Crippen MR) is 90.7 cm³/mol. The highest BCUT2D eigenvalue weighted by Gasteiger charge is 2.60. The topological polar surface area (TPSA) is 9.23 Å². The number of hydrogen-bond acceptors (Lipinski definition) is 1. The third kappa shape index (κ3) is 2.04. The highest BCUT2D eigenvalue weighted by atomic mass is 28.4. The molecule has 0 aliphatic heterocycles. The highest BCUT2D eigenvalue weighted by molar-refractivity contribution is 6.75. The first-order chi connectivity index (χ1) is 10.2. The molecule has 1 nitrogen and oxygen atoms in total. The molecule has 7 atom stereocenters. The Morgan fingerprint density at radius 1 is 0.857 bits per heavy atom. The van der Waals surface area contributed by atoms with Crippen LogP contribution in [-0.2, 0) is 4.43 Å². The number of fused-ring (bicyclic) bond motifs is 4. The normalized spacial score (nSPS) is 48.4. The van der Waals surface area contributed by atoms with Gasteiger partial charge in [-0.15, -0.1) is 0 Å². The lowest BCUT2D eigenvalue weighted by atomic mass is 9.72. The van der Waals surface area contributed by atoms with Gasteiger partial charge in [0.2, 0.25) is 0 Å². The van der Waals surface area contributed by atoms with Gasteiger partial charge in [0.15, 0.2) is 8.32 Å². The molecule has 0 radical (unpaired) electrons. The van der Waals surface area contributed by atoms with Crippen LogP contribution < -0.4 is 0 Å². The standard InChI is InChI=1S/C19H34OSi/c1-4-21(5-2,20-3)19-16-9-8-15(12-16)18(19)17-11-13-6-7-14(17)10-13/h13-19H,4-12H2,1-3H3. The van der Waals surface area contributed by atoms with Crippen LogP contribution in [0.5, 0.6) is 0 Å². The van der Waals surface area contributed by atoms with Crippen LogP contribution in [0.15, 0.2) is 0 Å². The van der Waals surface area contributed by atoms with Crippen LogP contribution >= 0.6 is 0 Å². The number of hydrogen-bond donors (Lipinski definition) is 0. The van der Waals surface area contributed by atoms with Crippen molar-refractivity contribution in [1.82, 2.24) is 0 Å². The van der Waals surface area contributed by atoms with E-state index in [0.29, 0.717) is 0 Å². The van der Waals surface area contributed by atoms with Crippen molar-refractivity contribution in [2.75, 3.05) is 7.11 Å². The zero-order valence-corrected chi connectivity index (χ0v) is 15.3. The molecule has 0 heterocycles. The van der Waals surface area contributed by atoms with Crippen molar-refractivity contribution in [1.29, 1.82) is 0 Å². The van der Waals surface area contributed by atoms with Crippen LogP contribution in [0.4, 0.5) is 0 Å². The van der Waals surface area contributed by atoms with Crippen molar-refractivity contribution >= 4 is 8.32 Å². The van der Waals surface area contributed by atoms with Crippen LogP contribution in [0, 0.1) is 35.5 Å². The SMILES string of the molecule is CC[Si](CC)(OC)C1C2CCC(C2)C1C1CC2CCC1C2. The summed E-state index contributed by atoms with van der Waals surface area (Å²) in [6.45, 7) is 4.87. The summed E-state index contributed by atoms with van der Waals surface area (Å²) in [5, 5.41) is 0. The molecule has 4 bridgehead atoms. The molecular weight excluding hydrogens is 272 g/mol. The molecule has 0 aromatic heterocycles. The first-order valence-electron chi connectivity index (χ1n) is 9.77. The summed E-state index contributed by atoms with van der Waals surface area (Å²) in [7, 11) is 0.563. The molecule has 0 spiro atoms. The summed E-state index contributed by atoms with van der Waals surface area (Å²) in [4.78, 5) is 0. The average Bonchev–Trinajstić information content (AvgIpc) is 3.29. The van der Waals surface area contributed by atoms with E-state index >= 15 is 0 Å². The van der Waals surface area contributed by atoms with E-state index in [-0.39, 0.29) is 0 Å². The summed E-state index contributed by atoms with van der Waals surface area (Å²) in [5.41, 5.74) is 1.01. The van der Waals surface area contributed by atoms with E-state index in [1.165, 1.54) is 18.5 Å². The zero-order chi connectivity index (χ0) is 14.6. The molecule has 120 valence electrons. The Hall–Kier alpha value is 0.177. The lowest BCUT2D eigenvalue weighted by Gasteiger charge is -2.47. The van der Waals surface area contributed by atoms with Crippen molar-refractivity contribution in [3.05, 3.63) is 0 Å². The predicted octanol–water partition coefficient (Wildman–Crippen LogP) is 5.47. The van der Waals surface area contributed by atoms with E-state index in [2.05, 4.69) is 21.0 Å². The van der Waals surface area contributed by atoms with Crippen LogP contribution in [0.1, 0.15) is 58.8 Å². The van der Waals surface area contributed by atoms with Gasteiger partial charge in [-0.05, 0) is 85.2 Å². The molecule has 0 aromatic carbocycles. The lowest BCUT2D eigenvalue weighted by Crippen LogP contribution is -2.48. The Labute approximate surface area is 132 Å². The largest absolute Gasteiger partial charge is 0.420 e. The molecule has 0 amide bonds. The summed E-state index contributed by atoms with van der Waals surface area (Å²) in [5.74, 6) is 6.53. The minimum absolute atomic E-state index is 1.01. The summed E-state index contributed by atoms with van der Waals surface area (Å²) in [6, 6.07) is 2.70. The Morgan fingerprint density at radius 3 is 2.14 bits per heavy atom. The van der Waals surface area contributed by atoms with Gasteiger partial charge in [0.25, 0.3) is 0 Å². The first kappa shape index (κ1) is 14.7. The van der Waals surface area contributed by atoms with Crippen molar-refractivity contribution in [2.24, 2.45) is 35.5 Å². The Kier molecular flexibility index (Phi) is 3.77. The van der Waals surface area contributed by atoms with Gasteiger partial charge in [0, 0.05) is 7.11 Å². The summed E-state index contributed by atoms with van der Waals surface area (Å²) < 4.78 is 6.38. The summed E-state index contributed by atoms with van der Waals surface area (Å²) in [6.07, 6.45) is 11.0. The van der Waals surface area contributed by atoms with Crippen molar-refractivity contribution in [3.8, 4) is 0 Å². The van der Waals surface area contributed by atoms with Gasteiger partial charge in [-0.25, -0.2) is 0 Å². The molecule has 4 aliphatic rings. The minimum atomic E-state index is -1.50. The molecule has 2 heteroatoms. The maximum absolute atomic E-state index is 6.38. The van der Waals surface area contributed by atoms with Crippen molar-refractivity contribution in [2.45, 2.75) is 76.4 Å². The van der Waals surface area contributed by atoms with E-state index in [9.17, 15) is 0 Å². The van der Waals surface area contributed by atoms with E-state index in [1.54, 1.807) is 38.5 Å². The van der Waals surface area contributed by atoms with Crippen LogP contribution in [0.2, 0.25) is 17.6 Å². The summed E-state index contributed by atoms with van der Waals surface area (Å²) >= 11 is 0. The van der Waals surface area contributed by atoms with Crippen LogP contribution in [0.25, 0.3) is 0 Å². The molecule has 4 saturated carbocycles. The Bertz CT molecular complexity index is 383. The Morgan fingerprint density at radius 2 is 1.57 bits per heavy atom. The van der Waals surface area contributed by atoms with Gasteiger partial charge in [0.1, 0.15) is 0 Å². The molecular formula is C19H34OSi. The smallest absolute Gasteiger partial charge is 0.195 e. The number of rotatable bonds is 5. The molecule has 0 aromatic rings. The fourth-order valence-electron chi connectivity index (χ4n) is 7.64. The molecule has 4 fully saturated rings. The van der Waals surface area contributed by atoms with Crippen LogP contribution in [0.3, 0.4) is 0 Å². The third-order valence-electron chi connectivity index (χ3n) is 8.48. The van der Waals surface area contributed by atoms with E-state index < -0.39 is 8.32 Å². The molecule has 0 N–H and O–H groups in total.